The topological polar surface area (TPSA) is 65.0 Å². The minimum atomic E-state index is 0.597. The first kappa shape index (κ1) is 28.4. The van der Waals surface area contributed by atoms with Gasteiger partial charge in [0.1, 0.15) is 22.5 Å². The molecule has 0 aliphatic heterocycles. The second-order valence-electron chi connectivity index (χ2n) is 12.7. The minimum absolute atomic E-state index is 0.597. The SMILES string of the molecule is C1=Cc2c(oc3c(-c4ccccc4)ccc(-c4ccc5oc6cc(-c7nc(-c8ccccc8)nc(-c8ccccc8)n7)ccc6c5c4)c23)CC1. The zero-order valence-corrected chi connectivity index (χ0v) is 27.0. The molecule has 236 valence electrons. The molecule has 0 fully saturated rings. The summed E-state index contributed by atoms with van der Waals surface area (Å²) < 4.78 is 13.1. The molecule has 3 aromatic heterocycles. The monoisotopic (exact) mass is 643 g/mol. The first-order valence-electron chi connectivity index (χ1n) is 16.9. The van der Waals surface area contributed by atoms with Crippen LogP contribution in [0.1, 0.15) is 17.7 Å². The van der Waals surface area contributed by atoms with Crippen LogP contribution < -0.4 is 0 Å². The van der Waals surface area contributed by atoms with Crippen molar-refractivity contribution in [1.29, 1.82) is 0 Å². The number of nitrogens with zero attached hydrogens (tertiary/aromatic N) is 3. The van der Waals surface area contributed by atoms with Crippen LogP contribution in [-0.4, -0.2) is 15.0 Å². The fourth-order valence-corrected chi connectivity index (χ4v) is 7.16. The van der Waals surface area contributed by atoms with E-state index in [4.69, 9.17) is 23.8 Å². The number of allylic oxidation sites excluding steroid dienone is 1. The number of hydrogen-bond acceptors (Lipinski definition) is 5. The molecule has 0 unspecified atom stereocenters. The first-order valence-corrected chi connectivity index (χ1v) is 16.9. The minimum Gasteiger partial charge on any atom is -0.460 e. The van der Waals surface area contributed by atoms with E-state index in [1.807, 2.05) is 72.8 Å². The van der Waals surface area contributed by atoms with Gasteiger partial charge in [0.15, 0.2) is 17.5 Å². The third-order valence-corrected chi connectivity index (χ3v) is 9.60. The van der Waals surface area contributed by atoms with Crippen molar-refractivity contribution in [3.8, 4) is 56.4 Å². The summed E-state index contributed by atoms with van der Waals surface area (Å²) >= 11 is 0. The van der Waals surface area contributed by atoms with Gasteiger partial charge < -0.3 is 8.83 Å². The molecular weight excluding hydrogens is 615 g/mol. The summed E-state index contributed by atoms with van der Waals surface area (Å²) in [5.41, 5.74) is 11.0. The van der Waals surface area contributed by atoms with Crippen LogP contribution in [0.25, 0.3) is 95.4 Å². The standard InChI is InChI=1S/C45H29N3O2/c1-4-12-28(13-5-1)34-24-23-33(41-36-18-10-11-19-38(36)50-42(34)41)31-21-25-39-37(26-31)35-22-20-32(27-40(35)49-39)45-47-43(29-14-6-2-7-15-29)46-44(48-45)30-16-8-3-9-17-30/h1-10,12-18,20-27H,11,19H2. The van der Waals surface area contributed by atoms with Crippen molar-refractivity contribution >= 4 is 39.0 Å². The quantitative estimate of drug-likeness (QED) is 0.187. The molecule has 5 heteroatoms. The zero-order valence-electron chi connectivity index (χ0n) is 27.0. The Balaban J connectivity index is 1.11. The number of hydrogen-bond donors (Lipinski definition) is 0. The van der Waals surface area contributed by atoms with Gasteiger partial charge in [-0.15, -0.1) is 0 Å². The van der Waals surface area contributed by atoms with Crippen molar-refractivity contribution in [2.45, 2.75) is 12.8 Å². The summed E-state index contributed by atoms with van der Waals surface area (Å²) in [6.45, 7) is 0. The second-order valence-corrected chi connectivity index (χ2v) is 12.7. The molecule has 0 N–H and O–H groups in total. The van der Waals surface area contributed by atoms with E-state index < -0.39 is 0 Å². The summed E-state index contributed by atoms with van der Waals surface area (Å²) in [6, 6.07) is 47.7. The van der Waals surface area contributed by atoms with Crippen LogP contribution in [0.4, 0.5) is 0 Å². The Hall–Kier alpha value is -6.59. The van der Waals surface area contributed by atoms with Gasteiger partial charge in [-0.2, -0.15) is 0 Å². The number of rotatable bonds is 5. The molecule has 0 bridgehead atoms. The predicted molar refractivity (Wildman–Crippen MR) is 201 cm³/mol. The van der Waals surface area contributed by atoms with Crippen molar-refractivity contribution in [3.63, 3.8) is 0 Å². The third kappa shape index (κ3) is 4.74. The van der Waals surface area contributed by atoms with Gasteiger partial charge in [0.05, 0.1) is 0 Å². The molecule has 1 aliphatic rings. The van der Waals surface area contributed by atoms with Gasteiger partial charge in [-0.1, -0.05) is 121 Å². The Labute approximate surface area is 288 Å². The number of aryl methyl sites for hydroxylation is 1. The molecule has 0 radical (unpaired) electrons. The Morgan fingerprint density at radius 1 is 0.460 bits per heavy atom. The summed E-state index contributed by atoms with van der Waals surface area (Å²) in [7, 11) is 0. The van der Waals surface area contributed by atoms with Crippen LogP contribution in [0.3, 0.4) is 0 Å². The smallest absolute Gasteiger partial charge is 0.164 e. The lowest BCUT2D eigenvalue weighted by atomic mass is 9.92. The van der Waals surface area contributed by atoms with E-state index in [9.17, 15) is 0 Å². The third-order valence-electron chi connectivity index (χ3n) is 9.60. The first-order chi connectivity index (χ1) is 24.8. The van der Waals surface area contributed by atoms with Crippen LogP contribution >= 0.6 is 0 Å². The van der Waals surface area contributed by atoms with Gasteiger partial charge in [-0.3, -0.25) is 0 Å². The van der Waals surface area contributed by atoms with E-state index in [0.717, 1.165) is 90.5 Å². The van der Waals surface area contributed by atoms with Crippen molar-refractivity contribution in [2.24, 2.45) is 0 Å². The highest BCUT2D eigenvalue weighted by Crippen LogP contribution is 2.44. The highest BCUT2D eigenvalue weighted by molar-refractivity contribution is 6.11. The zero-order chi connectivity index (χ0) is 33.0. The van der Waals surface area contributed by atoms with Crippen molar-refractivity contribution in [1.82, 2.24) is 15.0 Å². The predicted octanol–water partition coefficient (Wildman–Crippen LogP) is 11.8. The van der Waals surface area contributed by atoms with E-state index >= 15 is 0 Å². The maximum atomic E-state index is 6.62. The number of benzene rings is 6. The molecular formula is C45H29N3O2. The average Bonchev–Trinajstić information content (AvgIpc) is 3.77. The van der Waals surface area contributed by atoms with Gasteiger partial charge in [0.2, 0.25) is 0 Å². The summed E-state index contributed by atoms with van der Waals surface area (Å²) in [6.07, 6.45) is 6.37. The normalized spacial score (nSPS) is 12.6. The van der Waals surface area contributed by atoms with Crippen molar-refractivity contribution in [2.75, 3.05) is 0 Å². The van der Waals surface area contributed by atoms with E-state index in [1.165, 1.54) is 5.56 Å². The van der Waals surface area contributed by atoms with Gasteiger partial charge in [0, 0.05) is 50.4 Å². The lowest BCUT2D eigenvalue weighted by Gasteiger charge is -2.09. The van der Waals surface area contributed by atoms with E-state index in [0.29, 0.717) is 17.5 Å². The fraction of sp³-hybridized carbons (Fsp3) is 0.0444. The van der Waals surface area contributed by atoms with Crippen LogP contribution in [0.15, 0.2) is 154 Å². The van der Waals surface area contributed by atoms with Crippen molar-refractivity contribution in [3.05, 3.63) is 157 Å². The van der Waals surface area contributed by atoms with Crippen LogP contribution in [0.2, 0.25) is 0 Å². The van der Waals surface area contributed by atoms with E-state index in [1.54, 1.807) is 0 Å². The van der Waals surface area contributed by atoms with Crippen LogP contribution in [-0.2, 0) is 6.42 Å². The summed E-state index contributed by atoms with van der Waals surface area (Å²) in [5, 5.41) is 3.25. The number of aromatic nitrogens is 3. The molecule has 5 nitrogen and oxygen atoms in total. The molecule has 0 saturated heterocycles. The molecule has 50 heavy (non-hydrogen) atoms. The number of fused-ring (bicyclic) bond motifs is 6. The summed E-state index contributed by atoms with van der Waals surface area (Å²) in [5.74, 6) is 2.91. The molecule has 0 saturated carbocycles. The highest BCUT2D eigenvalue weighted by Gasteiger charge is 2.22. The molecule has 9 aromatic rings. The Bertz CT molecular complexity index is 2690. The van der Waals surface area contributed by atoms with Gasteiger partial charge in [0.25, 0.3) is 0 Å². The second kappa shape index (κ2) is 11.5. The van der Waals surface area contributed by atoms with Crippen LogP contribution in [0.5, 0.6) is 0 Å². The molecule has 0 amide bonds. The molecule has 3 heterocycles. The average molecular weight is 644 g/mol. The van der Waals surface area contributed by atoms with Gasteiger partial charge >= 0.3 is 0 Å². The Kier molecular flexibility index (Phi) is 6.56. The van der Waals surface area contributed by atoms with Crippen molar-refractivity contribution < 1.29 is 8.83 Å². The van der Waals surface area contributed by atoms with Gasteiger partial charge in [-0.05, 0) is 53.4 Å². The van der Waals surface area contributed by atoms with Crippen LogP contribution in [0, 0.1) is 0 Å². The fourth-order valence-electron chi connectivity index (χ4n) is 7.16. The Morgan fingerprint density at radius 2 is 1.08 bits per heavy atom. The van der Waals surface area contributed by atoms with Gasteiger partial charge in [-0.25, -0.2) is 15.0 Å². The molecule has 1 aliphatic carbocycles. The maximum absolute atomic E-state index is 6.62. The molecule has 10 rings (SSSR count). The molecule has 0 spiro atoms. The van der Waals surface area contributed by atoms with E-state index in [-0.39, 0.29) is 0 Å². The number of furan rings is 2. The summed E-state index contributed by atoms with van der Waals surface area (Å²) in [4.78, 5) is 14.7. The van der Waals surface area contributed by atoms with E-state index in [2.05, 4.69) is 78.9 Å². The largest absolute Gasteiger partial charge is 0.460 e. The lowest BCUT2D eigenvalue weighted by Crippen LogP contribution is -2.00. The highest BCUT2D eigenvalue weighted by atomic mass is 16.3. The lowest BCUT2D eigenvalue weighted by molar-refractivity contribution is 0.547. The molecule has 0 atom stereocenters. The molecule has 6 aromatic carbocycles. The Morgan fingerprint density at radius 3 is 1.78 bits per heavy atom. The maximum Gasteiger partial charge on any atom is 0.164 e.